The number of nitro benzene ring substituents is 1. The third-order valence-electron chi connectivity index (χ3n) is 2.44. The highest BCUT2D eigenvalue weighted by atomic mass is 35.5. The van der Waals surface area contributed by atoms with E-state index < -0.39 is 22.3 Å². The maximum Gasteiger partial charge on any atom is 0.288 e. The lowest BCUT2D eigenvalue weighted by atomic mass is 10.2. The zero-order chi connectivity index (χ0) is 14.7. The molecule has 0 aliphatic carbocycles. The SMILES string of the molecule is O=C(Nc1ccncc1F)c1cccc([N+](=O)[O-])c1Cl. The predicted molar refractivity (Wildman–Crippen MR) is 70.3 cm³/mol. The highest BCUT2D eigenvalue weighted by molar-refractivity contribution is 6.36. The molecule has 0 aliphatic rings. The van der Waals surface area contributed by atoms with E-state index in [1.165, 1.54) is 30.5 Å². The first kappa shape index (κ1) is 13.9. The Morgan fingerprint density at radius 1 is 1.40 bits per heavy atom. The third-order valence-corrected chi connectivity index (χ3v) is 2.84. The van der Waals surface area contributed by atoms with E-state index in [9.17, 15) is 19.3 Å². The molecule has 20 heavy (non-hydrogen) atoms. The summed E-state index contributed by atoms with van der Waals surface area (Å²) in [7, 11) is 0. The summed E-state index contributed by atoms with van der Waals surface area (Å²) >= 11 is 5.80. The number of aromatic nitrogens is 1. The number of carbonyl (C=O) groups excluding carboxylic acids is 1. The van der Waals surface area contributed by atoms with Crippen molar-refractivity contribution in [2.24, 2.45) is 0 Å². The molecule has 2 aromatic rings. The fraction of sp³-hybridized carbons (Fsp3) is 0. The topological polar surface area (TPSA) is 85.1 Å². The molecule has 0 saturated heterocycles. The summed E-state index contributed by atoms with van der Waals surface area (Å²) in [6, 6.07) is 5.07. The van der Waals surface area contributed by atoms with Gasteiger partial charge in [0.1, 0.15) is 5.02 Å². The van der Waals surface area contributed by atoms with Crippen LogP contribution in [-0.2, 0) is 0 Å². The molecule has 0 bridgehead atoms. The molecular formula is C12H7ClFN3O3. The monoisotopic (exact) mass is 295 g/mol. The van der Waals surface area contributed by atoms with Crippen LogP contribution < -0.4 is 5.32 Å². The second-order valence-corrected chi connectivity index (χ2v) is 4.08. The van der Waals surface area contributed by atoms with Gasteiger partial charge in [0.05, 0.1) is 22.4 Å². The van der Waals surface area contributed by atoms with Crippen LogP contribution in [0, 0.1) is 15.9 Å². The van der Waals surface area contributed by atoms with Crippen molar-refractivity contribution in [3.8, 4) is 0 Å². The van der Waals surface area contributed by atoms with Gasteiger partial charge in [-0.1, -0.05) is 17.7 Å². The van der Waals surface area contributed by atoms with Crippen molar-refractivity contribution < 1.29 is 14.1 Å². The molecule has 0 radical (unpaired) electrons. The van der Waals surface area contributed by atoms with Gasteiger partial charge in [-0.05, 0) is 12.1 Å². The Hall–Kier alpha value is -2.54. The van der Waals surface area contributed by atoms with E-state index in [0.29, 0.717) is 0 Å². The largest absolute Gasteiger partial charge is 0.319 e. The molecule has 0 atom stereocenters. The molecule has 0 saturated carbocycles. The van der Waals surface area contributed by atoms with E-state index in [0.717, 1.165) is 6.20 Å². The first-order valence-electron chi connectivity index (χ1n) is 5.34. The summed E-state index contributed by atoms with van der Waals surface area (Å²) < 4.78 is 13.4. The third kappa shape index (κ3) is 2.72. The van der Waals surface area contributed by atoms with E-state index in [2.05, 4.69) is 10.3 Å². The van der Waals surface area contributed by atoms with Gasteiger partial charge < -0.3 is 5.32 Å². The van der Waals surface area contributed by atoms with Crippen LogP contribution in [0.4, 0.5) is 15.8 Å². The van der Waals surface area contributed by atoms with Gasteiger partial charge in [-0.2, -0.15) is 0 Å². The number of carbonyl (C=O) groups is 1. The molecule has 6 nitrogen and oxygen atoms in total. The fourth-order valence-electron chi connectivity index (χ4n) is 1.50. The number of rotatable bonds is 3. The van der Waals surface area contributed by atoms with Crippen LogP contribution in [0.15, 0.2) is 36.7 Å². The van der Waals surface area contributed by atoms with E-state index in [-0.39, 0.29) is 16.3 Å². The van der Waals surface area contributed by atoms with Crippen LogP contribution in [0.3, 0.4) is 0 Å². The minimum absolute atomic E-state index is 0.0902. The van der Waals surface area contributed by atoms with Crippen molar-refractivity contribution in [3.05, 3.63) is 63.2 Å². The Morgan fingerprint density at radius 3 is 2.80 bits per heavy atom. The first-order valence-corrected chi connectivity index (χ1v) is 5.72. The lowest BCUT2D eigenvalue weighted by Crippen LogP contribution is -2.14. The molecule has 0 aliphatic heterocycles. The van der Waals surface area contributed by atoms with Crippen molar-refractivity contribution in [2.45, 2.75) is 0 Å². The number of pyridine rings is 1. The Kier molecular flexibility index (Phi) is 3.90. The molecule has 2 rings (SSSR count). The number of hydrogen-bond acceptors (Lipinski definition) is 4. The van der Waals surface area contributed by atoms with Crippen molar-refractivity contribution in [1.82, 2.24) is 4.98 Å². The summed E-state index contributed by atoms with van der Waals surface area (Å²) in [5.74, 6) is -1.47. The highest BCUT2D eigenvalue weighted by Gasteiger charge is 2.20. The number of amides is 1. The molecule has 1 aromatic carbocycles. The van der Waals surface area contributed by atoms with Crippen LogP contribution in [0.1, 0.15) is 10.4 Å². The number of nitrogens with one attached hydrogen (secondary N) is 1. The van der Waals surface area contributed by atoms with E-state index >= 15 is 0 Å². The Morgan fingerprint density at radius 2 is 2.15 bits per heavy atom. The van der Waals surface area contributed by atoms with E-state index in [1.54, 1.807) is 0 Å². The molecule has 1 heterocycles. The molecule has 0 unspecified atom stereocenters. The van der Waals surface area contributed by atoms with Crippen molar-refractivity contribution in [2.75, 3.05) is 5.32 Å². The molecular weight excluding hydrogens is 289 g/mol. The van der Waals surface area contributed by atoms with Gasteiger partial charge in [-0.3, -0.25) is 19.9 Å². The molecule has 102 valence electrons. The van der Waals surface area contributed by atoms with Gasteiger partial charge in [0.25, 0.3) is 11.6 Å². The summed E-state index contributed by atoms with van der Waals surface area (Å²) in [5.41, 5.74) is -0.598. The van der Waals surface area contributed by atoms with Crippen LogP contribution in [-0.4, -0.2) is 15.8 Å². The van der Waals surface area contributed by atoms with Gasteiger partial charge in [0.2, 0.25) is 0 Å². The lowest BCUT2D eigenvalue weighted by molar-refractivity contribution is -0.384. The van der Waals surface area contributed by atoms with Gasteiger partial charge in [0, 0.05) is 12.3 Å². The lowest BCUT2D eigenvalue weighted by Gasteiger charge is -2.07. The van der Waals surface area contributed by atoms with Gasteiger partial charge in [0.15, 0.2) is 5.82 Å². The average molecular weight is 296 g/mol. The number of anilines is 1. The summed E-state index contributed by atoms with van der Waals surface area (Å²) in [6.45, 7) is 0. The van der Waals surface area contributed by atoms with Crippen molar-refractivity contribution >= 4 is 28.9 Å². The highest BCUT2D eigenvalue weighted by Crippen LogP contribution is 2.28. The minimum atomic E-state index is -0.746. The molecule has 1 aromatic heterocycles. The van der Waals surface area contributed by atoms with Crippen LogP contribution in [0.25, 0.3) is 0 Å². The normalized spacial score (nSPS) is 10.1. The molecule has 0 fully saturated rings. The van der Waals surface area contributed by atoms with Gasteiger partial charge in [-0.25, -0.2) is 4.39 Å². The van der Waals surface area contributed by atoms with Gasteiger partial charge in [-0.15, -0.1) is 0 Å². The van der Waals surface area contributed by atoms with Crippen LogP contribution >= 0.6 is 11.6 Å². The number of benzene rings is 1. The molecule has 0 spiro atoms. The zero-order valence-corrected chi connectivity index (χ0v) is 10.6. The number of halogens is 2. The molecule has 1 N–H and O–H groups in total. The number of nitro groups is 1. The zero-order valence-electron chi connectivity index (χ0n) is 9.84. The maximum absolute atomic E-state index is 13.4. The summed E-state index contributed by atoms with van der Waals surface area (Å²) in [6.07, 6.45) is 2.23. The van der Waals surface area contributed by atoms with Crippen molar-refractivity contribution in [3.63, 3.8) is 0 Å². The Bertz CT molecular complexity index is 693. The first-order chi connectivity index (χ1) is 9.50. The molecule has 8 heteroatoms. The minimum Gasteiger partial charge on any atom is -0.319 e. The smallest absolute Gasteiger partial charge is 0.288 e. The van der Waals surface area contributed by atoms with Crippen LogP contribution in [0.5, 0.6) is 0 Å². The number of hydrogen-bond donors (Lipinski definition) is 1. The van der Waals surface area contributed by atoms with Crippen LogP contribution in [0.2, 0.25) is 5.02 Å². The van der Waals surface area contributed by atoms with Gasteiger partial charge >= 0.3 is 0 Å². The van der Waals surface area contributed by atoms with E-state index in [4.69, 9.17) is 11.6 Å². The standard InChI is InChI=1S/C12H7ClFN3O3/c13-11-7(2-1-3-10(11)17(19)20)12(18)16-9-4-5-15-6-8(9)14/h1-6H,(H,15,16,18). The van der Waals surface area contributed by atoms with Crippen molar-refractivity contribution in [1.29, 1.82) is 0 Å². The quantitative estimate of drug-likeness (QED) is 0.696. The second kappa shape index (κ2) is 5.62. The molecule has 1 amide bonds. The average Bonchev–Trinajstić information content (AvgIpc) is 2.41. The fourth-order valence-corrected chi connectivity index (χ4v) is 1.78. The summed E-state index contributed by atoms with van der Waals surface area (Å²) in [4.78, 5) is 25.5. The van der Waals surface area contributed by atoms with E-state index in [1.807, 2.05) is 0 Å². The Balaban J connectivity index is 2.33. The number of nitrogens with zero attached hydrogens (tertiary/aromatic N) is 2. The second-order valence-electron chi connectivity index (χ2n) is 3.71. The Labute approximate surface area is 117 Å². The maximum atomic E-state index is 13.4. The summed E-state index contributed by atoms with van der Waals surface area (Å²) in [5, 5.41) is 12.7. The predicted octanol–water partition coefficient (Wildman–Crippen LogP) is 3.03.